The molecule has 2 aromatic carbocycles. The molecular formula is C29H43N3O4S. The topological polar surface area (TPSA) is 86.8 Å². The number of nitrogens with one attached hydrogen (secondary N) is 1. The van der Waals surface area contributed by atoms with E-state index in [1.165, 1.54) is 10.6 Å². The number of hydrogen-bond acceptors (Lipinski definition) is 4. The van der Waals surface area contributed by atoms with Crippen molar-refractivity contribution in [2.75, 3.05) is 17.1 Å². The van der Waals surface area contributed by atoms with Gasteiger partial charge >= 0.3 is 0 Å². The summed E-state index contributed by atoms with van der Waals surface area (Å²) in [5.74, 6) is -0.328. The van der Waals surface area contributed by atoms with E-state index in [1.807, 2.05) is 84.0 Å². The Kier molecular flexibility index (Phi) is 11.2. The van der Waals surface area contributed by atoms with Gasteiger partial charge in [0.1, 0.15) is 6.04 Å². The van der Waals surface area contributed by atoms with Crippen molar-refractivity contribution < 1.29 is 18.0 Å². The van der Waals surface area contributed by atoms with Gasteiger partial charge in [-0.3, -0.25) is 13.9 Å². The second-order valence-electron chi connectivity index (χ2n) is 10.0. The van der Waals surface area contributed by atoms with Crippen molar-refractivity contribution >= 4 is 27.5 Å². The summed E-state index contributed by atoms with van der Waals surface area (Å²) in [4.78, 5) is 28.3. The molecule has 0 spiro atoms. The molecule has 7 nitrogen and oxygen atoms in total. The van der Waals surface area contributed by atoms with E-state index in [4.69, 9.17) is 0 Å². The highest BCUT2D eigenvalue weighted by Crippen LogP contribution is 2.22. The molecule has 2 aromatic rings. The third-order valence-corrected chi connectivity index (χ3v) is 7.70. The minimum Gasteiger partial charge on any atom is -0.352 e. The Morgan fingerprint density at radius 1 is 0.919 bits per heavy atom. The summed E-state index contributed by atoms with van der Waals surface area (Å²) >= 11 is 0. The number of carbonyl (C=O) groups is 2. The van der Waals surface area contributed by atoms with Gasteiger partial charge in [-0.1, -0.05) is 49.7 Å². The fourth-order valence-electron chi connectivity index (χ4n) is 4.35. The van der Waals surface area contributed by atoms with Crippen molar-refractivity contribution in [3.63, 3.8) is 0 Å². The van der Waals surface area contributed by atoms with Gasteiger partial charge in [0.05, 0.1) is 11.9 Å². The number of anilines is 1. The largest absolute Gasteiger partial charge is 0.352 e. The van der Waals surface area contributed by atoms with Gasteiger partial charge < -0.3 is 10.2 Å². The molecule has 0 heterocycles. The van der Waals surface area contributed by atoms with Crippen molar-refractivity contribution in [2.24, 2.45) is 0 Å². The van der Waals surface area contributed by atoms with Gasteiger partial charge in [-0.25, -0.2) is 8.42 Å². The molecule has 0 fully saturated rings. The highest BCUT2D eigenvalue weighted by Gasteiger charge is 2.29. The second-order valence-corrected chi connectivity index (χ2v) is 11.9. The van der Waals surface area contributed by atoms with E-state index in [-0.39, 0.29) is 30.8 Å². The quantitative estimate of drug-likeness (QED) is 0.401. The molecule has 0 aliphatic heterocycles. The first kappa shape index (κ1) is 30.4. The summed E-state index contributed by atoms with van der Waals surface area (Å²) in [6.45, 7) is 12.2. The van der Waals surface area contributed by atoms with Crippen LogP contribution in [-0.4, -0.2) is 50.0 Å². The van der Waals surface area contributed by atoms with Gasteiger partial charge in [-0.05, 0) is 75.8 Å². The van der Waals surface area contributed by atoms with Crippen molar-refractivity contribution in [3.05, 3.63) is 64.7 Å². The number of amides is 2. The molecule has 0 aromatic heterocycles. The minimum atomic E-state index is -3.53. The molecule has 37 heavy (non-hydrogen) atoms. The molecule has 2 amide bonds. The van der Waals surface area contributed by atoms with Crippen LogP contribution in [0, 0.1) is 20.8 Å². The SMILES string of the molecule is CC[C@@H](C)NC(=O)[C@H](CC)N(Cc1ccc(C)cc1)C(=O)CCCN(c1cc(C)cc(C)c1)S(C)(=O)=O. The smallest absolute Gasteiger partial charge is 0.243 e. The van der Waals surface area contributed by atoms with Crippen LogP contribution in [0.5, 0.6) is 0 Å². The summed E-state index contributed by atoms with van der Waals surface area (Å²) < 4.78 is 26.5. The average Bonchev–Trinajstić information content (AvgIpc) is 2.81. The van der Waals surface area contributed by atoms with Crippen LogP contribution in [0.25, 0.3) is 0 Å². The molecule has 1 N–H and O–H groups in total. The van der Waals surface area contributed by atoms with Gasteiger partial charge in [0.2, 0.25) is 21.8 Å². The lowest BCUT2D eigenvalue weighted by atomic mass is 10.1. The van der Waals surface area contributed by atoms with Crippen molar-refractivity contribution in [1.29, 1.82) is 0 Å². The zero-order chi connectivity index (χ0) is 27.8. The number of benzene rings is 2. The van der Waals surface area contributed by atoms with Gasteiger partial charge in [0.15, 0.2) is 0 Å². The Morgan fingerprint density at radius 2 is 1.51 bits per heavy atom. The Hall–Kier alpha value is -2.87. The third-order valence-electron chi connectivity index (χ3n) is 6.51. The molecule has 0 saturated heterocycles. The van der Waals surface area contributed by atoms with E-state index in [2.05, 4.69) is 5.32 Å². The van der Waals surface area contributed by atoms with Crippen LogP contribution < -0.4 is 9.62 Å². The van der Waals surface area contributed by atoms with Gasteiger partial charge in [-0.2, -0.15) is 0 Å². The summed E-state index contributed by atoms with van der Waals surface area (Å²) in [6, 6.07) is 13.0. The molecule has 8 heteroatoms. The zero-order valence-electron chi connectivity index (χ0n) is 23.4. The van der Waals surface area contributed by atoms with Crippen LogP contribution >= 0.6 is 0 Å². The normalized spacial score (nSPS) is 13.1. The monoisotopic (exact) mass is 529 g/mol. The predicted octanol–water partition coefficient (Wildman–Crippen LogP) is 4.88. The first-order valence-electron chi connectivity index (χ1n) is 13.1. The van der Waals surface area contributed by atoms with Gasteiger partial charge in [-0.15, -0.1) is 0 Å². The molecule has 2 atom stereocenters. The zero-order valence-corrected chi connectivity index (χ0v) is 24.2. The predicted molar refractivity (Wildman–Crippen MR) is 151 cm³/mol. The number of rotatable bonds is 13. The Morgan fingerprint density at radius 3 is 2.03 bits per heavy atom. The summed E-state index contributed by atoms with van der Waals surface area (Å²) in [5.41, 5.74) is 4.62. The molecule has 0 saturated carbocycles. The summed E-state index contributed by atoms with van der Waals surface area (Å²) in [6.07, 6.45) is 2.94. The van der Waals surface area contributed by atoms with E-state index in [9.17, 15) is 18.0 Å². The fraction of sp³-hybridized carbons (Fsp3) is 0.517. The van der Waals surface area contributed by atoms with Crippen LogP contribution in [0.2, 0.25) is 0 Å². The number of hydrogen-bond donors (Lipinski definition) is 1. The lowest BCUT2D eigenvalue weighted by Crippen LogP contribution is -2.50. The van der Waals surface area contributed by atoms with E-state index < -0.39 is 16.1 Å². The molecule has 0 radical (unpaired) electrons. The van der Waals surface area contributed by atoms with Crippen molar-refractivity contribution in [3.8, 4) is 0 Å². The Labute approximate surface area is 223 Å². The van der Waals surface area contributed by atoms with Gasteiger partial charge in [0.25, 0.3) is 0 Å². The first-order valence-corrected chi connectivity index (χ1v) is 14.9. The molecule has 204 valence electrons. The highest BCUT2D eigenvalue weighted by molar-refractivity contribution is 7.92. The second kappa shape index (κ2) is 13.6. The van der Waals surface area contributed by atoms with E-state index in [0.29, 0.717) is 25.1 Å². The lowest BCUT2D eigenvalue weighted by molar-refractivity contribution is -0.141. The van der Waals surface area contributed by atoms with Gasteiger partial charge in [0, 0.05) is 25.6 Å². The molecule has 0 unspecified atom stereocenters. The number of nitrogens with zero attached hydrogens (tertiary/aromatic N) is 2. The Bertz CT molecular complexity index is 1140. The maximum Gasteiger partial charge on any atom is 0.243 e. The first-order chi connectivity index (χ1) is 17.3. The summed E-state index contributed by atoms with van der Waals surface area (Å²) in [5, 5.41) is 3.02. The van der Waals surface area contributed by atoms with Crippen LogP contribution in [0.1, 0.15) is 68.7 Å². The van der Waals surface area contributed by atoms with Crippen molar-refractivity contribution in [2.45, 2.75) is 85.9 Å². The standard InChI is InChI=1S/C29H43N3O4S/c1-8-24(6)30-29(34)27(9-2)31(20-25-14-12-21(3)13-15-25)28(33)11-10-16-32(37(7,35)36)26-18-22(4)17-23(5)19-26/h12-15,17-19,24,27H,8-11,16,20H2,1-7H3,(H,30,34)/t24-,27+/m1/s1. The van der Waals surface area contributed by atoms with E-state index >= 15 is 0 Å². The Balaban J connectivity index is 2.24. The van der Waals surface area contributed by atoms with Crippen molar-refractivity contribution in [1.82, 2.24) is 10.2 Å². The van der Waals surface area contributed by atoms with E-state index in [0.717, 1.165) is 28.7 Å². The van der Waals surface area contributed by atoms with Crippen LogP contribution in [0.3, 0.4) is 0 Å². The summed E-state index contributed by atoms with van der Waals surface area (Å²) in [7, 11) is -3.53. The number of carbonyl (C=O) groups excluding carboxylic acids is 2. The third kappa shape index (κ3) is 9.18. The molecule has 2 rings (SSSR count). The maximum absolute atomic E-state index is 13.5. The minimum absolute atomic E-state index is 0.0129. The van der Waals surface area contributed by atoms with Crippen LogP contribution in [0.4, 0.5) is 5.69 Å². The number of sulfonamides is 1. The molecule has 0 aliphatic rings. The van der Waals surface area contributed by atoms with E-state index in [1.54, 1.807) is 4.90 Å². The molecular weight excluding hydrogens is 486 g/mol. The molecule has 0 aliphatic carbocycles. The van der Waals surface area contributed by atoms with Crippen LogP contribution in [0.15, 0.2) is 42.5 Å². The average molecular weight is 530 g/mol. The lowest BCUT2D eigenvalue weighted by Gasteiger charge is -2.32. The van der Waals surface area contributed by atoms with Crippen LogP contribution in [-0.2, 0) is 26.2 Å². The molecule has 0 bridgehead atoms. The number of aryl methyl sites for hydroxylation is 3. The fourth-order valence-corrected chi connectivity index (χ4v) is 5.30. The highest BCUT2D eigenvalue weighted by atomic mass is 32.2. The maximum atomic E-state index is 13.5.